The van der Waals surface area contributed by atoms with Crippen LogP contribution < -0.4 is 10.8 Å². The molecule has 0 heterocycles. The molecule has 0 bridgehead atoms. The molecule has 0 saturated heterocycles. The number of hydrogen-bond acceptors (Lipinski definition) is 3. The number of amides is 2. The van der Waals surface area contributed by atoms with Crippen molar-refractivity contribution in [2.75, 3.05) is 5.32 Å². The lowest BCUT2D eigenvalue weighted by Crippen LogP contribution is -2.25. The summed E-state index contributed by atoms with van der Waals surface area (Å²) in [6.45, 7) is 4.52. The molecule has 0 fully saturated rings. The van der Waals surface area contributed by atoms with Crippen LogP contribution in [0.4, 0.5) is 5.69 Å². The summed E-state index contributed by atoms with van der Waals surface area (Å²) in [6.07, 6.45) is 4.02. The molecule has 0 aromatic heterocycles. The van der Waals surface area contributed by atoms with Gasteiger partial charge in [0.25, 0.3) is 0 Å². The van der Waals surface area contributed by atoms with Crippen LogP contribution in [0.1, 0.15) is 50.7 Å². The fraction of sp³-hybridized carbons (Fsp3) is 0.391. The van der Waals surface area contributed by atoms with Crippen molar-refractivity contribution in [1.82, 2.24) is 5.48 Å². The van der Waals surface area contributed by atoms with Crippen molar-refractivity contribution < 1.29 is 14.4 Å². The van der Waals surface area contributed by atoms with E-state index in [2.05, 4.69) is 24.6 Å². The zero-order chi connectivity index (χ0) is 20.2. The fourth-order valence-corrected chi connectivity index (χ4v) is 3.05. The molecule has 28 heavy (non-hydrogen) atoms. The maximum atomic E-state index is 12.4. The molecule has 0 spiro atoms. The molecule has 0 aliphatic rings. The van der Waals surface area contributed by atoms with E-state index in [-0.39, 0.29) is 24.2 Å². The van der Waals surface area contributed by atoms with Gasteiger partial charge in [-0.1, -0.05) is 69.2 Å². The van der Waals surface area contributed by atoms with Gasteiger partial charge in [-0.2, -0.15) is 0 Å². The molecular formula is C23H30N2O3. The predicted octanol–water partition coefficient (Wildman–Crippen LogP) is 4.63. The summed E-state index contributed by atoms with van der Waals surface area (Å²) in [6, 6.07) is 17.0. The molecule has 0 aliphatic heterocycles. The summed E-state index contributed by atoms with van der Waals surface area (Å²) in [4.78, 5) is 29.6. The minimum Gasteiger partial charge on any atom is -0.326 e. The highest BCUT2D eigenvalue weighted by Crippen LogP contribution is 2.17. The second kappa shape index (κ2) is 11.9. The van der Waals surface area contributed by atoms with E-state index in [1.54, 1.807) is 0 Å². The zero-order valence-corrected chi connectivity index (χ0v) is 16.7. The summed E-state index contributed by atoms with van der Waals surface area (Å²) in [5.41, 5.74) is 5.07. The van der Waals surface area contributed by atoms with Gasteiger partial charge in [-0.05, 0) is 36.1 Å². The van der Waals surface area contributed by atoms with E-state index >= 15 is 0 Å². The second-order valence-corrected chi connectivity index (χ2v) is 6.94. The van der Waals surface area contributed by atoms with Crippen LogP contribution in [0.25, 0.3) is 0 Å². The molecular weight excluding hydrogens is 352 g/mol. The molecule has 2 aromatic rings. The summed E-state index contributed by atoms with van der Waals surface area (Å²) >= 11 is 0. The van der Waals surface area contributed by atoms with E-state index in [0.29, 0.717) is 6.61 Å². The Morgan fingerprint density at radius 3 is 2.14 bits per heavy atom. The molecule has 0 aliphatic carbocycles. The predicted molar refractivity (Wildman–Crippen MR) is 111 cm³/mol. The SMILES string of the molecule is CCCC(CCC)C(=O)Nc1ccc(CC(=O)NOCc2ccccc2)cc1. The highest BCUT2D eigenvalue weighted by molar-refractivity contribution is 5.92. The van der Waals surface area contributed by atoms with Crippen molar-refractivity contribution in [2.24, 2.45) is 5.92 Å². The Hall–Kier alpha value is -2.66. The smallest absolute Gasteiger partial charge is 0.247 e. The Morgan fingerprint density at radius 2 is 1.54 bits per heavy atom. The van der Waals surface area contributed by atoms with E-state index in [1.165, 1.54) is 0 Å². The van der Waals surface area contributed by atoms with E-state index < -0.39 is 0 Å². The van der Waals surface area contributed by atoms with Crippen molar-refractivity contribution >= 4 is 17.5 Å². The van der Waals surface area contributed by atoms with Crippen molar-refractivity contribution in [3.05, 3.63) is 65.7 Å². The first-order valence-corrected chi connectivity index (χ1v) is 9.96. The number of benzene rings is 2. The van der Waals surface area contributed by atoms with Crippen molar-refractivity contribution in [2.45, 2.75) is 52.6 Å². The van der Waals surface area contributed by atoms with Crippen molar-refractivity contribution in [1.29, 1.82) is 0 Å². The molecule has 0 unspecified atom stereocenters. The first-order valence-electron chi connectivity index (χ1n) is 9.96. The summed E-state index contributed by atoms with van der Waals surface area (Å²) in [7, 11) is 0. The molecule has 2 N–H and O–H groups in total. The number of carbonyl (C=O) groups is 2. The van der Waals surface area contributed by atoms with Crippen LogP contribution in [0, 0.1) is 5.92 Å². The minimum absolute atomic E-state index is 0.0576. The molecule has 0 atom stereocenters. The molecule has 2 amide bonds. The maximum absolute atomic E-state index is 12.4. The van der Waals surface area contributed by atoms with E-state index in [9.17, 15) is 9.59 Å². The molecule has 5 nitrogen and oxygen atoms in total. The van der Waals surface area contributed by atoms with E-state index in [0.717, 1.165) is 42.5 Å². The van der Waals surface area contributed by atoms with Gasteiger partial charge in [0.05, 0.1) is 13.0 Å². The lowest BCUT2D eigenvalue weighted by molar-refractivity contribution is -0.133. The Morgan fingerprint density at radius 1 is 0.893 bits per heavy atom. The van der Waals surface area contributed by atoms with Gasteiger partial charge in [0.2, 0.25) is 11.8 Å². The van der Waals surface area contributed by atoms with Crippen molar-refractivity contribution in [3.63, 3.8) is 0 Å². The quantitative estimate of drug-likeness (QED) is 0.557. The van der Waals surface area contributed by atoms with E-state index in [1.807, 2.05) is 54.6 Å². The monoisotopic (exact) mass is 382 g/mol. The molecule has 2 rings (SSSR count). The second-order valence-electron chi connectivity index (χ2n) is 6.94. The third kappa shape index (κ3) is 7.53. The van der Waals surface area contributed by atoms with Gasteiger partial charge < -0.3 is 5.32 Å². The number of nitrogens with one attached hydrogen (secondary N) is 2. The first-order chi connectivity index (χ1) is 13.6. The molecule has 0 saturated carbocycles. The Balaban J connectivity index is 1.78. The maximum Gasteiger partial charge on any atom is 0.247 e. The number of carbonyl (C=O) groups excluding carboxylic acids is 2. The number of rotatable bonds is 11. The fourth-order valence-electron chi connectivity index (χ4n) is 3.05. The number of hydroxylamine groups is 1. The largest absolute Gasteiger partial charge is 0.326 e. The van der Waals surface area contributed by atoms with Gasteiger partial charge in [-0.15, -0.1) is 0 Å². The number of hydrogen-bond donors (Lipinski definition) is 2. The first kappa shape index (κ1) is 21.6. The zero-order valence-electron chi connectivity index (χ0n) is 16.7. The van der Waals surface area contributed by atoms with Gasteiger partial charge in [0.1, 0.15) is 0 Å². The standard InChI is InChI=1S/C23H30N2O3/c1-3-8-20(9-4-2)23(27)24-21-14-12-18(13-15-21)16-22(26)25-28-17-19-10-6-5-7-11-19/h5-7,10-15,20H,3-4,8-9,16-17H2,1-2H3,(H,24,27)(H,25,26). The van der Waals surface area contributed by atoms with Crippen LogP contribution in [0.3, 0.4) is 0 Å². The highest BCUT2D eigenvalue weighted by Gasteiger charge is 2.16. The van der Waals surface area contributed by atoms with Gasteiger partial charge in [0.15, 0.2) is 0 Å². The molecule has 2 aromatic carbocycles. The number of anilines is 1. The Labute approximate surface area is 167 Å². The third-order valence-corrected chi connectivity index (χ3v) is 4.50. The van der Waals surface area contributed by atoms with Gasteiger partial charge in [0, 0.05) is 11.6 Å². The average Bonchev–Trinajstić information content (AvgIpc) is 2.70. The van der Waals surface area contributed by atoms with Gasteiger partial charge in [-0.3, -0.25) is 14.4 Å². The molecule has 0 radical (unpaired) electrons. The van der Waals surface area contributed by atoms with Crippen LogP contribution in [-0.2, 0) is 27.5 Å². The summed E-state index contributed by atoms with van der Waals surface area (Å²) in [5, 5.41) is 2.98. The summed E-state index contributed by atoms with van der Waals surface area (Å²) in [5.74, 6) is -0.0793. The van der Waals surface area contributed by atoms with Crippen LogP contribution in [0.15, 0.2) is 54.6 Å². The average molecular weight is 383 g/mol. The summed E-state index contributed by atoms with van der Waals surface area (Å²) < 4.78 is 0. The van der Waals surface area contributed by atoms with Crippen LogP contribution in [0.2, 0.25) is 0 Å². The topological polar surface area (TPSA) is 67.4 Å². The van der Waals surface area contributed by atoms with Crippen LogP contribution in [-0.4, -0.2) is 11.8 Å². The minimum atomic E-state index is -0.210. The Kier molecular flexibility index (Phi) is 9.22. The van der Waals surface area contributed by atoms with Crippen LogP contribution in [0.5, 0.6) is 0 Å². The van der Waals surface area contributed by atoms with E-state index in [4.69, 9.17) is 4.84 Å². The van der Waals surface area contributed by atoms with Gasteiger partial charge in [-0.25, -0.2) is 5.48 Å². The third-order valence-electron chi connectivity index (χ3n) is 4.50. The lowest BCUT2D eigenvalue weighted by Gasteiger charge is -2.15. The molecule has 5 heteroatoms. The normalized spacial score (nSPS) is 10.7. The van der Waals surface area contributed by atoms with Crippen molar-refractivity contribution in [3.8, 4) is 0 Å². The van der Waals surface area contributed by atoms with Gasteiger partial charge >= 0.3 is 0 Å². The highest BCUT2D eigenvalue weighted by atomic mass is 16.6. The Bertz CT molecular complexity index is 723. The molecule has 150 valence electrons. The van der Waals surface area contributed by atoms with Crippen LogP contribution >= 0.6 is 0 Å². The lowest BCUT2D eigenvalue weighted by atomic mass is 9.97.